The zero-order chi connectivity index (χ0) is 15.2. The largest absolute Gasteiger partial charge is 0.514 e. The molecule has 0 atom stereocenters. The van der Waals surface area contributed by atoms with Gasteiger partial charge in [0.1, 0.15) is 12.4 Å². The summed E-state index contributed by atoms with van der Waals surface area (Å²) < 4.78 is 10.6. The number of non-ortho nitro benzene ring substituents is 1. The van der Waals surface area contributed by atoms with Crippen molar-refractivity contribution in [2.24, 2.45) is 0 Å². The van der Waals surface area contributed by atoms with E-state index in [0.717, 1.165) is 4.47 Å². The summed E-state index contributed by atoms with van der Waals surface area (Å²) in [5, 5.41) is 10.5. The van der Waals surface area contributed by atoms with E-state index in [1.54, 1.807) is 18.3 Å². The van der Waals surface area contributed by atoms with Crippen LogP contribution in [0.15, 0.2) is 47.1 Å². The summed E-state index contributed by atoms with van der Waals surface area (Å²) >= 11 is 3.24. The molecule has 2 rings (SSSR count). The van der Waals surface area contributed by atoms with E-state index in [0.29, 0.717) is 5.69 Å². The first kappa shape index (κ1) is 14.9. The molecular formula is C13H9BrN2O5. The molecule has 0 spiro atoms. The molecule has 1 heterocycles. The maximum absolute atomic E-state index is 11.5. The Morgan fingerprint density at radius 2 is 1.95 bits per heavy atom. The molecule has 0 aliphatic carbocycles. The normalized spacial score (nSPS) is 9.95. The number of carbonyl (C=O) groups excluding carboxylic acids is 1. The van der Waals surface area contributed by atoms with Crippen molar-refractivity contribution in [2.75, 3.05) is 0 Å². The van der Waals surface area contributed by atoms with Gasteiger partial charge in [0.2, 0.25) is 0 Å². The van der Waals surface area contributed by atoms with Crippen molar-refractivity contribution in [3.63, 3.8) is 0 Å². The lowest BCUT2D eigenvalue weighted by Crippen LogP contribution is -2.11. The first-order chi connectivity index (χ1) is 10.0. The summed E-state index contributed by atoms with van der Waals surface area (Å²) in [5.74, 6) is 0.161. The summed E-state index contributed by atoms with van der Waals surface area (Å²) in [4.78, 5) is 25.4. The number of nitrogens with zero attached hydrogens (tertiary/aromatic N) is 2. The van der Waals surface area contributed by atoms with Crippen molar-refractivity contribution >= 4 is 27.8 Å². The molecule has 0 saturated carbocycles. The molecule has 0 unspecified atom stereocenters. The Balaban J connectivity index is 1.86. The molecule has 0 saturated heterocycles. The van der Waals surface area contributed by atoms with Gasteiger partial charge in [0.15, 0.2) is 0 Å². The number of pyridine rings is 1. The molecule has 0 aliphatic heterocycles. The highest BCUT2D eigenvalue weighted by molar-refractivity contribution is 9.10. The standard InChI is InChI=1S/C13H9BrN2O5/c14-9-1-2-10(15-7-9)8-20-13(17)21-12-5-3-11(4-6-12)16(18)19/h1-7H,8H2. The van der Waals surface area contributed by atoms with E-state index in [2.05, 4.69) is 20.9 Å². The molecule has 0 bridgehead atoms. The number of rotatable bonds is 4. The third kappa shape index (κ3) is 4.53. The number of ether oxygens (including phenoxy) is 2. The van der Waals surface area contributed by atoms with E-state index in [-0.39, 0.29) is 18.0 Å². The van der Waals surface area contributed by atoms with E-state index in [9.17, 15) is 14.9 Å². The molecule has 0 radical (unpaired) electrons. The number of nitro benzene ring substituents is 1. The average Bonchev–Trinajstić information content (AvgIpc) is 2.47. The van der Waals surface area contributed by atoms with Crippen LogP contribution in [-0.2, 0) is 11.3 Å². The molecule has 2 aromatic rings. The Morgan fingerprint density at radius 3 is 2.52 bits per heavy atom. The first-order valence-electron chi connectivity index (χ1n) is 5.74. The fourth-order valence-corrected chi connectivity index (χ4v) is 1.62. The van der Waals surface area contributed by atoms with Crippen LogP contribution in [0.3, 0.4) is 0 Å². The van der Waals surface area contributed by atoms with Crippen LogP contribution in [0.25, 0.3) is 0 Å². The van der Waals surface area contributed by atoms with Crippen LogP contribution in [-0.4, -0.2) is 16.1 Å². The summed E-state index contributed by atoms with van der Waals surface area (Å²) in [6, 6.07) is 8.57. The third-order valence-corrected chi connectivity index (χ3v) is 2.84. The van der Waals surface area contributed by atoms with Crippen LogP contribution >= 0.6 is 15.9 Å². The highest BCUT2D eigenvalue weighted by Gasteiger charge is 2.09. The fraction of sp³-hybridized carbons (Fsp3) is 0.0769. The van der Waals surface area contributed by atoms with Crippen LogP contribution in [0.4, 0.5) is 10.5 Å². The van der Waals surface area contributed by atoms with Gasteiger partial charge in [-0.1, -0.05) is 0 Å². The average molecular weight is 353 g/mol. The van der Waals surface area contributed by atoms with Gasteiger partial charge < -0.3 is 9.47 Å². The smallest absolute Gasteiger partial charge is 0.427 e. The van der Waals surface area contributed by atoms with E-state index < -0.39 is 11.1 Å². The maximum Gasteiger partial charge on any atom is 0.514 e. The minimum atomic E-state index is -0.909. The van der Waals surface area contributed by atoms with Gasteiger partial charge in [-0.25, -0.2) is 4.79 Å². The van der Waals surface area contributed by atoms with Crippen molar-refractivity contribution in [3.05, 3.63) is 62.9 Å². The molecule has 0 amide bonds. The molecule has 21 heavy (non-hydrogen) atoms. The number of aromatic nitrogens is 1. The van der Waals surface area contributed by atoms with Gasteiger partial charge in [0.05, 0.1) is 10.6 Å². The molecular weight excluding hydrogens is 344 g/mol. The minimum Gasteiger partial charge on any atom is -0.427 e. The van der Waals surface area contributed by atoms with Gasteiger partial charge in [-0.2, -0.15) is 0 Å². The second kappa shape index (κ2) is 6.80. The lowest BCUT2D eigenvalue weighted by Gasteiger charge is -2.05. The zero-order valence-corrected chi connectivity index (χ0v) is 12.1. The van der Waals surface area contributed by atoms with Crippen LogP contribution < -0.4 is 4.74 Å². The summed E-state index contributed by atoms with van der Waals surface area (Å²) in [6.07, 6.45) is 0.675. The second-order valence-electron chi connectivity index (χ2n) is 3.86. The SMILES string of the molecule is O=C(OCc1ccc(Br)cn1)Oc1ccc([N+](=O)[O-])cc1. The predicted octanol–water partition coefficient (Wildman–Crippen LogP) is 3.47. The Kier molecular flexibility index (Phi) is 4.83. The number of nitro groups is 1. The lowest BCUT2D eigenvalue weighted by atomic mass is 10.3. The van der Waals surface area contributed by atoms with Gasteiger partial charge >= 0.3 is 6.16 Å². The molecule has 1 aromatic carbocycles. The Hall–Kier alpha value is -2.48. The Morgan fingerprint density at radius 1 is 1.24 bits per heavy atom. The predicted molar refractivity (Wildman–Crippen MR) is 75.8 cm³/mol. The highest BCUT2D eigenvalue weighted by Crippen LogP contribution is 2.17. The van der Waals surface area contributed by atoms with Gasteiger partial charge in [0.25, 0.3) is 5.69 Å². The van der Waals surface area contributed by atoms with Crippen molar-refractivity contribution in [3.8, 4) is 5.75 Å². The molecule has 0 N–H and O–H groups in total. The maximum atomic E-state index is 11.5. The number of benzene rings is 1. The van der Waals surface area contributed by atoms with E-state index in [4.69, 9.17) is 9.47 Å². The fourth-order valence-electron chi connectivity index (χ4n) is 1.39. The first-order valence-corrected chi connectivity index (χ1v) is 6.53. The third-order valence-electron chi connectivity index (χ3n) is 2.38. The molecule has 108 valence electrons. The van der Waals surface area contributed by atoms with Crippen molar-refractivity contribution in [2.45, 2.75) is 6.61 Å². The molecule has 0 aliphatic rings. The van der Waals surface area contributed by atoms with E-state index in [1.165, 1.54) is 24.3 Å². The number of halogens is 1. The summed E-state index contributed by atoms with van der Waals surface area (Å²) in [7, 11) is 0. The van der Waals surface area contributed by atoms with Gasteiger partial charge in [0, 0.05) is 22.8 Å². The second-order valence-corrected chi connectivity index (χ2v) is 4.78. The molecule has 8 heteroatoms. The van der Waals surface area contributed by atoms with Crippen molar-refractivity contribution < 1.29 is 19.2 Å². The summed E-state index contributed by atoms with van der Waals surface area (Å²) in [6.45, 7) is -0.0287. The number of carbonyl (C=O) groups is 1. The minimum absolute atomic E-state index is 0.0287. The lowest BCUT2D eigenvalue weighted by molar-refractivity contribution is -0.384. The topological polar surface area (TPSA) is 91.6 Å². The Bertz CT molecular complexity index is 643. The van der Waals surface area contributed by atoms with Gasteiger partial charge in [-0.3, -0.25) is 15.1 Å². The van der Waals surface area contributed by atoms with E-state index in [1.807, 2.05) is 0 Å². The summed E-state index contributed by atoms with van der Waals surface area (Å²) in [5.41, 5.74) is 0.480. The van der Waals surface area contributed by atoms with Crippen LogP contribution in [0.2, 0.25) is 0 Å². The van der Waals surface area contributed by atoms with Gasteiger partial charge in [-0.05, 0) is 40.2 Å². The number of hydrogen-bond donors (Lipinski definition) is 0. The molecule has 7 nitrogen and oxygen atoms in total. The quantitative estimate of drug-likeness (QED) is 0.362. The van der Waals surface area contributed by atoms with Gasteiger partial charge in [-0.15, -0.1) is 0 Å². The van der Waals surface area contributed by atoms with Crippen molar-refractivity contribution in [1.82, 2.24) is 4.98 Å². The Labute approximate surface area is 127 Å². The van der Waals surface area contributed by atoms with Crippen LogP contribution in [0.5, 0.6) is 5.75 Å². The molecule has 0 fully saturated rings. The van der Waals surface area contributed by atoms with E-state index >= 15 is 0 Å². The number of hydrogen-bond acceptors (Lipinski definition) is 6. The molecule has 1 aromatic heterocycles. The monoisotopic (exact) mass is 352 g/mol. The van der Waals surface area contributed by atoms with Crippen molar-refractivity contribution in [1.29, 1.82) is 0 Å². The highest BCUT2D eigenvalue weighted by atomic mass is 79.9. The zero-order valence-electron chi connectivity index (χ0n) is 10.6. The van der Waals surface area contributed by atoms with Crippen LogP contribution in [0.1, 0.15) is 5.69 Å². The van der Waals surface area contributed by atoms with Crippen LogP contribution in [0, 0.1) is 10.1 Å².